The molecular weight excluding hydrogens is 236 g/mol. The van der Waals surface area contributed by atoms with Crippen molar-refractivity contribution in [2.24, 2.45) is 11.7 Å². The zero-order valence-corrected chi connectivity index (χ0v) is 11.9. The van der Waals surface area contributed by atoms with E-state index in [9.17, 15) is 4.79 Å². The standard InChI is InChI=1S/C16H24N2O/c1-12(13(2)17)15(19)18-11-16(9-6-10-16)14-7-4-3-5-8-14/h3-5,7-8,12-13H,6,9-11,17H2,1-2H3,(H,18,19). The molecule has 19 heavy (non-hydrogen) atoms. The van der Waals surface area contributed by atoms with Crippen molar-refractivity contribution in [3.63, 3.8) is 0 Å². The average Bonchev–Trinajstić information content (AvgIpc) is 2.37. The highest BCUT2D eigenvalue weighted by atomic mass is 16.1. The van der Waals surface area contributed by atoms with Crippen LogP contribution in [0.3, 0.4) is 0 Å². The molecule has 3 heteroatoms. The Morgan fingerprint density at radius 2 is 1.95 bits per heavy atom. The van der Waals surface area contributed by atoms with Crippen LogP contribution in [0, 0.1) is 5.92 Å². The van der Waals surface area contributed by atoms with E-state index in [1.807, 2.05) is 19.9 Å². The van der Waals surface area contributed by atoms with E-state index in [0.717, 1.165) is 19.4 Å². The predicted octanol–water partition coefficient (Wildman–Crippen LogP) is 2.21. The first-order valence-corrected chi connectivity index (χ1v) is 7.14. The number of hydrogen-bond donors (Lipinski definition) is 2. The van der Waals surface area contributed by atoms with Gasteiger partial charge in [0.25, 0.3) is 0 Å². The largest absolute Gasteiger partial charge is 0.355 e. The third kappa shape index (κ3) is 2.98. The van der Waals surface area contributed by atoms with Gasteiger partial charge in [-0.15, -0.1) is 0 Å². The van der Waals surface area contributed by atoms with Gasteiger partial charge in [0.2, 0.25) is 5.91 Å². The van der Waals surface area contributed by atoms with Gasteiger partial charge in [-0.3, -0.25) is 4.79 Å². The lowest BCUT2D eigenvalue weighted by molar-refractivity contribution is -0.125. The Labute approximate surface area is 115 Å². The van der Waals surface area contributed by atoms with Gasteiger partial charge in [0.1, 0.15) is 0 Å². The Morgan fingerprint density at radius 3 is 2.42 bits per heavy atom. The van der Waals surface area contributed by atoms with E-state index in [4.69, 9.17) is 5.73 Å². The molecule has 0 saturated heterocycles. The summed E-state index contributed by atoms with van der Waals surface area (Å²) < 4.78 is 0. The lowest BCUT2D eigenvalue weighted by Crippen LogP contribution is -2.48. The quantitative estimate of drug-likeness (QED) is 0.853. The van der Waals surface area contributed by atoms with Crippen LogP contribution in [0.15, 0.2) is 30.3 Å². The molecule has 1 amide bonds. The van der Waals surface area contributed by atoms with Crippen molar-refractivity contribution >= 4 is 5.91 Å². The van der Waals surface area contributed by atoms with Crippen LogP contribution < -0.4 is 11.1 Å². The summed E-state index contributed by atoms with van der Waals surface area (Å²) in [5.74, 6) is -0.0647. The van der Waals surface area contributed by atoms with E-state index >= 15 is 0 Å². The van der Waals surface area contributed by atoms with E-state index < -0.39 is 0 Å². The number of rotatable bonds is 5. The molecule has 0 aliphatic heterocycles. The first kappa shape index (κ1) is 14.1. The highest BCUT2D eigenvalue weighted by Crippen LogP contribution is 2.43. The van der Waals surface area contributed by atoms with Gasteiger partial charge in [-0.2, -0.15) is 0 Å². The van der Waals surface area contributed by atoms with E-state index in [0.29, 0.717) is 0 Å². The number of carbonyl (C=O) groups is 1. The van der Waals surface area contributed by atoms with Crippen LogP contribution in [-0.4, -0.2) is 18.5 Å². The summed E-state index contributed by atoms with van der Waals surface area (Å²) >= 11 is 0. The zero-order valence-electron chi connectivity index (χ0n) is 11.9. The smallest absolute Gasteiger partial charge is 0.224 e. The normalized spacial score (nSPS) is 20.2. The molecule has 0 heterocycles. The van der Waals surface area contributed by atoms with E-state index in [1.54, 1.807) is 0 Å². The number of hydrogen-bond acceptors (Lipinski definition) is 2. The Balaban J connectivity index is 1.99. The Kier molecular flexibility index (Phi) is 4.25. The van der Waals surface area contributed by atoms with E-state index in [1.165, 1.54) is 12.0 Å². The molecule has 2 atom stereocenters. The third-order valence-electron chi connectivity index (χ3n) is 4.50. The molecule has 0 spiro atoms. The topological polar surface area (TPSA) is 55.1 Å². The van der Waals surface area contributed by atoms with E-state index in [-0.39, 0.29) is 23.3 Å². The monoisotopic (exact) mass is 260 g/mol. The van der Waals surface area contributed by atoms with Crippen LogP contribution in [0.4, 0.5) is 0 Å². The molecule has 1 aromatic rings. The summed E-state index contributed by atoms with van der Waals surface area (Å²) in [6, 6.07) is 10.4. The summed E-state index contributed by atoms with van der Waals surface area (Å²) in [6.45, 7) is 4.49. The maximum atomic E-state index is 12.0. The second-order valence-electron chi connectivity index (χ2n) is 5.87. The van der Waals surface area contributed by atoms with Crippen LogP contribution >= 0.6 is 0 Å². The third-order valence-corrected chi connectivity index (χ3v) is 4.50. The molecule has 0 aromatic heterocycles. The van der Waals surface area contributed by atoms with Gasteiger partial charge in [0.15, 0.2) is 0 Å². The minimum Gasteiger partial charge on any atom is -0.355 e. The zero-order chi connectivity index (χ0) is 13.9. The Morgan fingerprint density at radius 1 is 1.32 bits per heavy atom. The molecule has 1 aromatic carbocycles. The minimum atomic E-state index is -0.132. The highest BCUT2D eigenvalue weighted by Gasteiger charge is 2.38. The second-order valence-corrected chi connectivity index (χ2v) is 5.87. The number of amides is 1. The molecule has 1 aliphatic carbocycles. The molecular formula is C16H24N2O. The molecule has 2 rings (SSSR count). The van der Waals surface area contributed by atoms with Crippen molar-refractivity contribution in [1.29, 1.82) is 0 Å². The van der Waals surface area contributed by atoms with Gasteiger partial charge in [0.05, 0.1) is 0 Å². The van der Waals surface area contributed by atoms with Crippen molar-refractivity contribution in [2.45, 2.75) is 44.6 Å². The molecule has 1 saturated carbocycles. The number of benzene rings is 1. The van der Waals surface area contributed by atoms with Crippen LogP contribution in [0.2, 0.25) is 0 Å². The van der Waals surface area contributed by atoms with Crippen molar-refractivity contribution in [3.8, 4) is 0 Å². The predicted molar refractivity (Wildman–Crippen MR) is 77.8 cm³/mol. The fraction of sp³-hybridized carbons (Fsp3) is 0.562. The van der Waals surface area contributed by atoms with Crippen molar-refractivity contribution in [1.82, 2.24) is 5.32 Å². The van der Waals surface area contributed by atoms with Gasteiger partial charge < -0.3 is 11.1 Å². The minimum absolute atomic E-state index is 0.0669. The first-order valence-electron chi connectivity index (χ1n) is 7.14. The van der Waals surface area contributed by atoms with Gasteiger partial charge >= 0.3 is 0 Å². The lowest BCUT2D eigenvalue weighted by Gasteiger charge is -2.43. The maximum Gasteiger partial charge on any atom is 0.224 e. The van der Waals surface area contributed by atoms with Gasteiger partial charge in [0, 0.05) is 23.9 Å². The molecule has 3 nitrogen and oxygen atoms in total. The molecule has 1 aliphatic rings. The molecule has 2 unspecified atom stereocenters. The number of carbonyl (C=O) groups excluding carboxylic acids is 1. The first-order chi connectivity index (χ1) is 9.05. The second kappa shape index (κ2) is 5.74. The SMILES string of the molecule is CC(N)C(C)C(=O)NCC1(c2ccccc2)CCC1. The fourth-order valence-electron chi connectivity index (χ4n) is 2.62. The summed E-state index contributed by atoms with van der Waals surface area (Å²) in [4.78, 5) is 12.0. The van der Waals surface area contributed by atoms with Gasteiger partial charge in [-0.1, -0.05) is 43.7 Å². The number of nitrogens with one attached hydrogen (secondary N) is 1. The molecule has 104 valence electrons. The lowest BCUT2D eigenvalue weighted by atomic mass is 9.64. The maximum absolute atomic E-state index is 12.0. The van der Waals surface area contributed by atoms with Gasteiger partial charge in [-0.25, -0.2) is 0 Å². The summed E-state index contributed by atoms with van der Waals surface area (Å²) in [5, 5.41) is 3.09. The molecule has 3 N–H and O–H groups in total. The van der Waals surface area contributed by atoms with Crippen LogP contribution in [0.5, 0.6) is 0 Å². The van der Waals surface area contributed by atoms with Crippen molar-refractivity contribution in [3.05, 3.63) is 35.9 Å². The summed E-state index contributed by atoms with van der Waals surface area (Å²) in [5.41, 5.74) is 7.26. The van der Waals surface area contributed by atoms with Gasteiger partial charge in [-0.05, 0) is 25.3 Å². The average molecular weight is 260 g/mol. The highest BCUT2D eigenvalue weighted by molar-refractivity contribution is 5.79. The number of nitrogens with two attached hydrogens (primary N) is 1. The van der Waals surface area contributed by atoms with Crippen LogP contribution in [-0.2, 0) is 10.2 Å². The summed E-state index contributed by atoms with van der Waals surface area (Å²) in [6.07, 6.45) is 3.56. The molecule has 1 fully saturated rings. The van der Waals surface area contributed by atoms with E-state index in [2.05, 4.69) is 29.6 Å². The van der Waals surface area contributed by atoms with Crippen molar-refractivity contribution in [2.75, 3.05) is 6.54 Å². The van der Waals surface area contributed by atoms with Crippen LogP contribution in [0.1, 0.15) is 38.7 Å². The Bertz CT molecular complexity index is 424. The summed E-state index contributed by atoms with van der Waals surface area (Å²) in [7, 11) is 0. The fourth-order valence-corrected chi connectivity index (χ4v) is 2.62. The van der Waals surface area contributed by atoms with Crippen LogP contribution in [0.25, 0.3) is 0 Å². The molecule has 0 bridgehead atoms. The Hall–Kier alpha value is -1.35. The van der Waals surface area contributed by atoms with Crippen molar-refractivity contribution < 1.29 is 4.79 Å². The molecule has 0 radical (unpaired) electrons.